The van der Waals surface area contributed by atoms with Crippen molar-refractivity contribution in [3.05, 3.63) is 66.6 Å². The molecule has 2 aromatic carbocycles. The van der Waals surface area contributed by atoms with Crippen LogP contribution >= 0.6 is 0 Å². The summed E-state index contributed by atoms with van der Waals surface area (Å²) in [5, 5.41) is 5.54. The number of oxazole rings is 1. The van der Waals surface area contributed by atoms with Crippen molar-refractivity contribution in [3.8, 4) is 0 Å². The Morgan fingerprint density at radius 1 is 1.11 bits per heavy atom. The first kappa shape index (κ1) is 18.4. The predicted molar refractivity (Wildman–Crippen MR) is 106 cm³/mol. The molecule has 0 saturated heterocycles. The Morgan fingerprint density at radius 3 is 2.48 bits per heavy atom. The molecular weight excluding hydrogens is 342 g/mol. The Kier molecular flexibility index (Phi) is 5.35. The van der Waals surface area contributed by atoms with E-state index in [1.54, 1.807) is 42.5 Å². The number of carbonyl (C=O) groups is 2. The van der Waals surface area contributed by atoms with Gasteiger partial charge < -0.3 is 15.1 Å². The zero-order valence-electron chi connectivity index (χ0n) is 15.3. The van der Waals surface area contributed by atoms with Gasteiger partial charge in [-0.25, -0.2) is 4.98 Å². The van der Waals surface area contributed by atoms with Crippen LogP contribution in [-0.4, -0.2) is 16.8 Å². The number of nitrogens with one attached hydrogen (secondary N) is 2. The minimum absolute atomic E-state index is 0.134. The Balaban J connectivity index is 1.64. The summed E-state index contributed by atoms with van der Waals surface area (Å²) in [4.78, 5) is 28.0. The van der Waals surface area contributed by atoms with E-state index in [-0.39, 0.29) is 24.2 Å². The first-order valence-corrected chi connectivity index (χ1v) is 8.67. The molecule has 0 unspecified atom stereocenters. The number of benzene rings is 2. The number of aromatic nitrogens is 1. The fraction of sp³-hybridized carbons (Fsp3) is 0.190. The summed E-state index contributed by atoms with van der Waals surface area (Å²) in [5.41, 5.74) is 3.59. The molecule has 0 atom stereocenters. The van der Waals surface area contributed by atoms with Gasteiger partial charge in [0.2, 0.25) is 11.8 Å². The zero-order chi connectivity index (χ0) is 19.4. The number of anilines is 2. The van der Waals surface area contributed by atoms with Gasteiger partial charge in [-0.1, -0.05) is 32.6 Å². The van der Waals surface area contributed by atoms with E-state index in [0.717, 1.165) is 11.1 Å². The number of fused-ring (bicyclic) bond motifs is 1. The van der Waals surface area contributed by atoms with Crippen LogP contribution in [0.4, 0.5) is 11.4 Å². The van der Waals surface area contributed by atoms with E-state index in [1.807, 2.05) is 13.8 Å². The fourth-order valence-electron chi connectivity index (χ4n) is 2.56. The van der Waals surface area contributed by atoms with Crippen LogP contribution < -0.4 is 10.6 Å². The maximum Gasteiger partial charge on any atom is 0.247 e. The number of amides is 2. The van der Waals surface area contributed by atoms with Crippen LogP contribution in [-0.2, 0) is 16.0 Å². The molecule has 0 spiro atoms. The summed E-state index contributed by atoms with van der Waals surface area (Å²) >= 11 is 0. The predicted octanol–water partition coefficient (Wildman–Crippen LogP) is 4.26. The quantitative estimate of drug-likeness (QED) is 0.641. The molecule has 0 radical (unpaired) electrons. The van der Waals surface area contributed by atoms with Crippen molar-refractivity contribution in [1.82, 2.24) is 4.98 Å². The van der Waals surface area contributed by atoms with Gasteiger partial charge >= 0.3 is 0 Å². The fourth-order valence-corrected chi connectivity index (χ4v) is 2.56. The summed E-state index contributed by atoms with van der Waals surface area (Å²) < 4.78 is 5.67. The van der Waals surface area contributed by atoms with Gasteiger partial charge in [0, 0.05) is 17.3 Å². The highest BCUT2D eigenvalue weighted by Gasteiger charge is 2.11. The molecule has 0 bridgehead atoms. The van der Waals surface area contributed by atoms with Crippen LogP contribution in [0.15, 0.2) is 59.5 Å². The Hall–Kier alpha value is -3.41. The maximum atomic E-state index is 12.3. The summed E-state index contributed by atoms with van der Waals surface area (Å²) in [7, 11) is 0. The molecule has 2 N–H and O–H groups in total. The van der Waals surface area contributed by atoms with Crippen LogP contribution in [0.25, 0.3) is 11.1 Å². The lowest BCUT2D eigenvalue weighted by atomic mass is 10.1. The van der Waals surface area contributed by atoms with E-state index in [9.17, 15) is 9.59 Å². The summed E-state index contributed by atoms with van der Waals surface area (Å²) in [6.07, 6.45) is 1.43. The second-order valence-corrected chi connectivity index (χ2v) is 6.50. The van der Waals surface area contributed by atoms with Gasteiger partial charge in [-0.3, -0.25) is 9.59 Å². The number of hydrogen-bond acceptors (Lipinski definition) is 4. The smallest absolute Gasteiger partial charge is 0.247 e. The average molecular weight is 363 g/mol. The summed E-state index contributed by atoms with van der Waals surface area (Å²) in [6.45, 7) is 7.44. The van der Waals surface area contributed by atoms with Gasteiger partial charge in [0.15, 0.2) is 11.5 Å². The molecular formula is C21H21N3O3. The number of hydrogen-bond donors (Lipinski definition) is 2. The molecule has 0 aliphatic heterocycles. The minimum Gasteiger partial charge on any atom is -0.440 e. The van der Waals surface area contributed by atoms with E-state index in [1.165, 1.54) is 6.08 Å². The van der Waals surface area contributed by atoms with Crippen molar-refractivity contribution >= 4 is 34.3 Å². The number of nitrogens with zero attached hydrogens (tertiary/aromatic N) is 1. The largest absolute Gasteiger partial charge is 0.440 e. The third-order valence-electron chi connectivity index (χ3n) is 3.95. The molecule has 1 aromatic heterocycles. The summed E-state index contributed by atoms with van der Waals surface area (Å²) in [5.74, 6) is 0.473. The van der Waals surface area contributed by atoms with E-state index < -0.39 is 0 Å². The first-order chi connectivity index (χ1) is 12.9. The Bertz CT molecular complexity index is 988. The highest BCUT2D eigenvalue weighted by molar-refractivity contribution is 5.99. The minimum atomic E-state index is -0.274. The normalized spacial score (nSPS) is 10.8. The molecule has 0 saturated carbocycles. The molecule has 1 heterocycles. The van der Waals surface area contributed by atoms with Gasteiger partial charge in [0.1, 0.15) is 5.52 Å². The number of carbonyl (C=O) groups excluding carboxylic acids is 2. The van der Waals surface area contributed by atoms with E-state index >= 15 is 0 Å². The molecule has 6 heteroatoms. The summed E-state index contributed by atoms with van der Waals surface area (Å²) in [6, 6.07) is 12.5. The zero-order valence-corrected chi connectivity index (χ0v) is 15.3. The third-order valence-corrected chi connectivity index (χ3v) is 3.95. The Morgan fingerprint density at radius 2 is 1.81 bits per heavy atom. The van der Waals surface area contributed by atoms with Gasteiger partial charge in [0.05, 0.1) is 6.42 Å². The van der Waals surface area contributed by atoms with Gasteiger partial charge in [0.25, 0.3) is 0 Å². The van der Waals surface area contributed by atoms with Crippen molar-refractivity contribution in [2.45, 2.75) is 26.2 Å². The molecule has 0 aliphatic rings. The lowest BCUT2D eigenvalue weighted by molar-refractivity contribution is -0.115. The van der Waals surface area contributed by atoms with Gasteiger partial charge in [-0.05, 0) is 42.0 Å². The molecule has 0 aliphatic carbocycles. The average Bonchev–Trinajstić information content (AvgIpc) is 3.07. The van der Waals surface area contributed by atoms with Gasteiger partial charge in [-0.15, -0.1) is 0 Å². The lowest BCUT2D eigenvalue weighted by Gasteiger charge is -2.06. The maximum absolute atomic E-state index is 12.3. The SMILES string of the molecule is C=CC(=O)Nc1ccc(CC(=O)Nc2ccc3oc(C(C)C)nc3c2)cc1. The van der Waals surface area contributed by atoms with Crippen LogP contribution in [0.2, 0.25) is 0 Å². The highest BCUT2D eigenvalue weighted by atomic mass is 16.3. The van der Waals surface area contributed by atoms with E-state index in [0.29, 0.717) is 22.8 Å². The van der Waals surface area contributed by atoms with Crippen molar-refractivity contribution in [2.24, 2.45) is 0 Å². The molecule has 6 nitrogen and oxygen atoms in total. The highest BCUT2D eigenvalue weighted by Crippen LogP contribution is 2.24. The third kappa shape index (κ3) is 4.61. The van der Waals surface area contributed by atoms with E-state index in [2.05, 4.69) is 22.2 Å². The Labute approximate surface area is 157 Å². The first-order valence-electron chi connectivity index (χ1n) is 8.67. The monoisotopic (exact) mass is 363 g/mol. The van der Waals surface area contributed by atoms with Crippen LogP contribution in [0, 0.1) is 0 Å². The van der Waals surface area contributed by atoms with E-state index in [4.69, 9.17) is 4.42 Å². The van der Waals surface area contributed by atoms with Crippen LogP contribution in [0.3, 0.4) is 0 Å². The van der Waals surface area contributed by atoms with Crippen LogP contribution in [0.1, 0.15) is 31.2 Å². The van der Waals surface area contributed by atoms with Crippen molar-refractivity contribution < 1.29 is 14.0 Å². The van der Waals surface area contributed by atoms with Crippen molar-refractivity contribution in [2.75, 3.05) is 10.6 Å². The van der Waals surface area contributed by atoms with Gasteiger partial charge in [-0.2, -0.15) is 0 Å². The molecule has 2 amide bonds. The molecule has 3 aromatic rings. The molecule has 0 fully saturated rings. The van der Waals surface area contributed by atoms with Crippen molar-refractivity contribution in [3.63, 3.8) is 0 Å². The second-order valence-electron chi connectivity index (χ2n) is 6.50. The molecule has 138 valence electrons. The van der Waals surface area contributed by atoms with Crippen molar-refractivity contribution in [1.29, 1.82) is 0 Å². The lowest BCUT2D eigenvalue weighted by Crippen LogP contribution is -2.14. The standard InChI is InChI=1S/C21H21N3O3/c1-4-19(25)22-15-7-5-14(6-8-15)11-20(26)23-16-9-10-18-17(12-16)24-21(27-18)13(2)3/h4-10,12-13H,1,11H2,2-3H3,(H,22,25)(H,23,26). The van der Waals surface area contributed by atoms with Crippen LogP contribution in [0.5, 0.6) is 0 Å². The molecule has 27 heavy (non-hydrogen) atoms. The number of rotatable bonds is 6. The second kappa shape index (κ2) is 7.86. The topological polar surface area (TPSA) is 84.2 Å². The molecule has 3 rings (SSSR count).